The third kappa shape index (κ3) is 3.86. The van der Waals surface area contributed by atoms with Crippen LogP contribution in [0.25, 0.3) is 0 Å². The predicted octanol–water partition coefficient (Wildman–Crippen LogP) is 2.73. The Hall–Kier alpha value is -4.32. The van der Waals surface area contributed by atoms with Gasteiger partial charge in [0.25, 0.3) is 0 Å². The number of nitriles is 1. The molecule has 8 nitrogen and oxygen atoms in total. The number of hydrogen-bond donors (Lipinski definition) is 1. The fourth-order valence-electron chi connectivity index (χ4n) is 3.52. The summed E-state index contributed by atoms with van der Waals surface area (Å²) in [6.07, 6.45) is 0. The van der Waals surface area contributed by atoms with E-state index in [2.05, 4.69) is 0 Å². The van der Waals surface area contributed by atoms with E-state index in [-0.39, 0.29) is 28.4 Å². The zero-order chi connectivity index (χ0) is 23.4. The summed E-state index contributed by atoms with van der Waals surface area (Å²) < 4.78 is 28.6. The van der Waals surface area contributed by atoms with Crippen LogP contribution in [-0.4, -0.2) is 33.3 Å². The van der Waals surface area contributed by atoms with Gasteiger partial charge in [-0.15, -0.1) is 0 Å². The van der Waals surface area contributed by atoms with Gasteiger partial charge >= 0.3 is 11.9 Å². The summed E-state index contributed by atoms with van der Waals surface area (Å²) >= 11 is 0. The molecule has 1 aliphatic heterocycles. The number of allylic oxidation sites excluding steroid dienone is 1. The fourth-order valence-corrected chi connectivity index (χ4v) is 3.52. The summed E-state index contributed by atoms with van der Waals surface area (Å²) in [6, 6.07) is 13.7. The average molecular weight is 437 g/mol. The van der Waals surface area contributed by atoms with Gasteiger partial charge in [-0.3, -0.25) is 4.90 Å². The maximum atomic E-state index is 13.5. The first kappa shape index (κ1) is 22.4. The molecule has 164 valence electrons. The second-order valence-electron chi connectivity index (χ2n) is 6.67. The molecule has 0 saturated heterocycles. The summed E-state index contributed by atoms with van der Waals surface area (Å²) in [5, 5.41) is 9.97. The highest BCUT2D eigenvalue weighted by molar-refractivity contribution is 6.06. The smallest absolute Gasteiger partial charge is 0.355 e. The van der Waals surface area contributed by atoms with Crippen molar-refractivity contribution in [2.75, 3.05) is 26.2 Å². The predicted molar refractivity (Wildman–Crippen MR) is 112 cm³/mol. The maximum absolute atomic E-state index is 13.5. The molecule has 3 rings (SSSR count). The number of halogens is 1. The third-order valence-corrected chi connectivity index (χ3v) is 5.01. The molecule has 0 spiro atoms. The highest BCUT2D eigenvalue weighted by Gasteiger charge is 2.43. The van der Waals surface area contributed by atoms with E-state index in [1.165, 1.54) is 24.1 Å². The van der Waals surface area contributed by atoms with Crippen LogP contribution in [0.4, 0.5) is 10.1 Å². The Bertz CT molecular complexity index is 1150. The number of benzene rings is 2. The molecule has 2 aromatic carbocycles. The van der Waals surface area contributed by atoms with Crippen LogP contribution in [0.5, 0.6) is 5.75 Å². The van der Waals surface area contributed by atoms with Gasteiger partial charge in [0.1, 0.15) is 23.1 Å². The molecule has 2 aromatic rings. The van der Waals surface area contributed by atoms with Gasteiger partial charge in [-0.1, -0.05) is 12.1 Å². The molecule has 9 heteroatoms. The fraction of sp³-hybridized carbons (Fsp3) is 0.174. The molecule has 1 aliphatic rings. The highest BCUT2D eigenvalue weighted by atomic mass is 19.1. The third-order valence-electron chi connectivity index (χ3n) is 5.01. The zero-order valence-electron chi connectivity index (χ0n) is 17.6. The van der Waals surface area contributed by atoms with Crippen LogP contribution in [0.2, 0.25) is 0 Å². The monoisotopic (exact) mass is 437 g/mol. The molecule has 1 heterocycles. The maximum Gasteiger partial charge on any atom is 0.355 e. The number of nitrogens with zero attached hydrogens (tertiary/aromatic N) is 2. The van der Waals surface area contributed by atoms with Crippen LogP contribution in [0.1, 0.15) is 11.5 Å². The van der Waals surface area contributed by atoms with E-state index in [4.69, 9.17) is 19.9 Å². The zero-order valence-corrected chi connectivity index (χ0v) is 17.6. The number of hydrogen-bond acceptors (Lipinski definition) is 8. The number of carbonyl (C=O) groups is 2. The van der Waals surface area contributed by atoms with E-state index in [1.807, 2.05) is 6.07 Å². The molecule has 0 aromatic heterocycles. The number of nitrogens with two attached hydrogens (primary N) is 1. The van der Waals surface area contributed by atoms with Crippen molar-refractivity contribution >= 4 is 17.6 Å². The van der Waals surface area contributed by atoms with Gasteiger partial charge in [-0.05, 0) is 42.0 Å². The van der Waals surface area contributed by atoms with E-state index in [0.717, 1.165) is 26.4 Å². The molecule has 0 bridgehead atoms. The van der Waals surface area contributed by atoms with Crippen molar-refractivity contribution in [3.05, 3.63) is 82.6 Å². The summed E-state index contributed by atoms with van der Waals surface area (Å²) in [7, 11) is 3.81. The minimum Gasteiger partial charge on any atom is -0.497 e. The summed E-state index contributed by atoms with van der Waals surface area (Å²) in [5.41, 5.74) is 6.74. The summed E-state index contributed by atoms with van der Waals surface area (Å²) in [4.78, 5) is 27.0. The molecular formula is C23H20FN3O5. The van der Waals surface area contributed by atoms with Gasteiger partial charge in [0.2, 0.25) is 0 Å². The molecule has 32 heavy (non-hydrogen) atoms. The normalized spacial score (nSPS) is 15.8. The molecule has 0 unspecified atom stereocenters. The van der Waals surface area contributed by atoms with Gasteiger partial charge in [0, 0.05) is 5.69 Å². The molecule has 2 N–H and O–H groups in total. The lowest BCUT2D eigenvalue weighted by Gasteiger charge is -2.35. The van der Waals surface area contributed by atoms with Crippen molar-refractivity contribution in [1.29, 1.82) is 5.26 Å². The molecule has 0 radical (unpaired) electrons. The van der Waals surface area contributed by atoms with Gasteiger partial charge < -0.3 is 19.9 Å². The van der Waals surface area contributed by atoms with Gasteiger partial charge in [-0.25, -0.2) is 14.0 Å². The standard InChI is InChI=1S/C23H20FN3O5/c1-30-16-10-4-13(5-11-16)18-17(12-25)21(26)27(15-8-6-14(24)7-9-15)20(23(29)32-3)19(18)22(28)31-2/h4-11,18H,26H2,1-3H3/t18-/m1/s1. The Balaban J connectivity index is 2.37. The number of esters is 2. The van der Waals surface area contributed by atoms with Crippen molar-refractivity contribution in [3.8, 4) is 11.8 Å². The van der Waals surface area contributed by atoms with Crippen molar-refractivity contribution in [2.24, 2.45) is 5.73 Å². The SMILES string of the molecule is COC(=O)C1=C(C(=O)OC)N(c2ccc(F)cc2)C(N)=C(C#N)[C@H]1c1ccc(OC)cc1. The molecule has 0 saturated carbocycles. The number of ether oxygens (including phenoxy) is 3. The van der Waals surface area contributed by atoms with Crippen molar-refractivity contribution < 1.29 is 28.2 Å². The largest absolute Gasteiger partial charge is 0.497 e. The number of carbonyl (C=O) groups excluding carboxylic acids is 2. The quantitative estimate of drug-likeness (QED) is 0.710. The minimum absolute atomic E-state index is 0.00699. The molecule has 1 atom stereocenters. The highest BCUT2D eigenvalue weighted by Crippen LogP contribution is 2.43. The van der Waals surface area contributed by atoms with Crippen LogP contribution in [0, 0.1) is 17.1 Å². The lowest BCUT2D eigenvalue weighted by atomic mass is 9.81. The van der Waals surface area contributed by atoms with E-state index in [9.17, 15) is 19.2 Å². The van der Waals surface area contributed by atoms with E-state index >= 15 is 0 Å². The Morgan fingerprint density at radius 1 is 1.00 bits per heavy atom. The number of anilines is 1. The van der Waals surface area contributed by atoms with Crippen LogP contribution in [0.3, 0.4) is 0 Å². The van der Waals surface area contributed by atoms with Gasteiger partial charge in [0.15, 0.2) is 0 Å². The second-order valence-corrected chi connectivity index (χ2v) is 6.67. The Morgan fingerprint density at radius 3 is 2.09 bits per heavy atom. The van der Waals surface area contributed by atoms with E-state index < -0.39 is 23.7 Å². The van der Waals surface area contributed by atoms with E-state index in [0.29, 0.717) is 11.3 Å². The van der Waals surface area contributed by atoms with Crippen LogP contribution in [-0.2, 0) is 19.1 Å². The lowest BCUT2D eigenvalue weighted by molar-refractivity contribution is -0.139. The second kappa shape index (κ2) is 9.22. The Labute approximate surface area is 183 Å². The molecule has 0 aliphatic carbocycles. The van der Waals surface area contributed by atoms with Crippen molar-refractivity contribution in [3.63, 3.8) is 0 Å². The van der Waals surface area contributed by atoms with Gasteiger partial charge in [0.05, 0.1) is 44.5 Å². The first-order valence-corrected chi connectivity index (χ1v) is 9.38. The van der Waals surface area contributed by atoms with Crippen molar-refractivity contribution in [2.45, 2.75) is 5.92 Å². The van der Waals surface area contributed by atoms with Crippen LogP contribution < -0.4 is 15.4 Å². The van der Waals surface area contributed by atoms with E-state index in [1.54, 1.807) is 24.3 Å². The van der Waals surface area contributed by atoms with Gasteiger partial charge in [-0.2, -0.15) is 5.26 Å². The number of methoxy groups -OCH3 is 3. The molecule has 0 amide bonds. The van der Waals surface area contributed by atoms with Crippen LogP contribution in [0.15, 0.2) is 71.2 Å². The lowest BCUT2D eigenvalue weighted by Crippen LogP contribution is -2.40. The van der Waals surface area contributed by atoms with Crippen LogP contribution >= 0.6 is 0 Å². The average Bonchev–Trinajstić information content (AvgIpc) is 2.83. The molecular weight excluding hydrogens is 417 g/mol. The number of rotatable bonds is 5. The van der Waals surface area contributed by atoms with Crippen molar-refractivity contribution in [1.82, 2.24) is 0 Å². The molecule has 0 fully saturated rings. The Kier molecular flexibility index (Phi) is 6.45. The topological polar surface area (TPSA) is 115 Å². The summed E-state index contributed by atoms with van der Waals surface area (Å²) in [6.45, 7) is 0. The first-order valence-electron chi connectivity index (χ1n) is 9.38. The first-order chi connectivity index (χ1) is 15.4. The minimum atomic E-state index is -1.01. The summed E-state index contributed by atoms with van der Waals surface area (Å²) in [5.74, 6) is -2.80. The Morgan fingerprint density at radius 2 is 1.59 bits per heavy atom.